The highest BCUT2D eigenvalue weighted by atomic mass is 16.5. The third-order valence-electron chi connectivity index (χ3n) is 5.49. The third kappa shape index (κ3) is 4.34. The van der Waals surface area contributed by atoms with Crippen LogP contribution in [0.15, 0.2) is 59.1 Å². The fraction of sp³-hybridized carbons (Fsp3) is 0.231. The molecule has 0 saturated heterocycles. The maximum Gasteiger partial charge on any atom is 0.336 e. The Morgan fingerprint density at radius 3 is 2.38 bits per heavy atom. The average Bonchev–Trinajstić information content (AvgIpc) is 3.33. The number of nitrogens with zero attached hydrogens (tertiary/aromatic N) is 3. The van der Waals surface area contributed by atoms with Gasteiger partial charge in [0.25, 0.3) is 0 Å². The number of benzene rings is 2. The molecule has 8 nitrogen and oxygen atoms in total. The zero-order valence-corrected chi connectivity index (χ0v) is 19.5. The Bertz CT molecular complexity index is 1350. The second-order valence-corrected chi connectivity index (χ2v) is 8.53. The molecule has 0 spiro atoms. The number of carboxylic acid groups (broad SMARTS) is 1. The Labute approximate surface area is 197 Å². The van der Waals surface area contributed by atoms with Gasteiger partial charge < -0.3 is 9.63 Å². The number of hydrogen-bond donors (Lipinski definition) is 2. The van der Waals surface area contributed by atoms with Crippen LogP contribution in [0.25, 0.3) is 28.1 Å². The van der Waals surface area contributed by atoms with E-state index < -0.39 is 5.97 Å². The van der Waals surface area contributed by atoms with Gasteiger partial charge in [-0.2, -0.15) is 5.10 Å². The molecule has 1 amide bonds. The van der Waals surface area contributed by atoms with E-state index in [2.05, 4.69) is 10.5 Å². The highest BCUT2D eigenvalue weighted by Gasteiger charge is 2.28. The van der Waals surface area contributed by atoms with Crippen molar-refractivity contribution in [3.8, 4) is 28.1 Å². The van der Waals surface area contributed by atoms with Gasteiger partial charge >= 0.3 is 5.97 Å². The standard InChI is InChI=1S/C26H26N4O4/c1-15(2)14-21(31)27-25-23(19-12-8-9-13-20(19)26(32)33)24(29-34-25)22-16(3)28-30(17(22)4)18-10-6-5-7-11-18/h5-13,15H,14H2,1-4H3,(H,27,31)(H,32,33). The van der Waals surface area contributed by atoms with Gasteiger partial charge in [0, 0.05) is 17.5 Å². The van der Waals surface area contributed by atoms with Gasteiger partial charge in [-0.05, 0) is 38.0 Å². The molecule has 0 bridgehead atoms. The van der Waals surface area contributed by atoms with Crippen LogP contribution >= 0.6 is 0 Å². The van der Waals surface area contributed by atoms with Gasteiger partial charge in [-0.15, -0.1) is 0 Å². The van der Waals surface area contributed by atoms with Crippen molar-refractivity contribution < 1.29 is 19.2 Å². The highest BCUT2D eigenvalue weighted by Crippen LogP contribution is 2.42. The summed E-state index contributed by atoms with van der Waals surface area (Å²) in [6.07, 6.45) is 0.292. The second-order valence-electron chi connectivity index (χ2n) is 8.53. The molecule has 0 aliphatic rings. The lowest BCUT2D eigenvalue weighted by Gasteiger charge is -2.10. The molecule has 0 fully saturated rings. The maximum absolute atomic E-state index is 12.6. The summed E-state index contributed by atoms with van der Waals surface area (Å²) in [5, 5.41) is 21.6. The van der Waals surface area contributed by atoms with Gasteiger partial charge in [0.15, 0.2) is 0 Å². The Morgan fingerprint density at radius 1 is 1.03 bits per heavy atom. The minimum absolute atomic E-state index is 0.0806. The molecular weight excluding hydrogens is 432 g/mol. The summed E-state index contributed by atoms with van der Waals surface area (Å²) >= 11 is 0. The number of carbonyl (C=O) groups excluding carboxylic acids is 1. The molecule has 0 unspecified atom stereocenters. The maximum atomic E-state index is 12.6. The lowest BCUT2D eigenvalue weighted by molar-refractivity contribution is -0.117. The number of aromatic carboxylic acids is 1. The van der Waals surface area contributed by atoms with Crippen LogP contribution in [0.3, 0.4) is 0 Å². The van der Waals surface area contributed by atoms with Crippen molar-refractivity contribution in [2.24, 2.45) is 5.92 Å². The Morgan fingerprint density at radius 2 is 1.71 bits per heavy atom. The fourth-order valence-corrected chi connectivity index (χ4v) is 4.04. The molecule has 4 aromatic rings. The van der Waals surface area contributed by atoms with Gasteiger partial charge in [0.1, 0.15) is 5.69 Å². The normalized spacial score (nSPS) is 11.1. The molecule has 4 rings (SSSR count). The van der Waals surface area contributed by atoms with Crippen LogP contribution in [0.2, 0.25) is 0 Å². The van der Waals surface area contributed by atoms with Crippen molar-refractivity contribution in [1.82, 2.24) is 14.9 Å². The van der Waals surface area contributed by atoms with Crippen LogP contribution in [-0.2, 0) is 4.79 Å². The van der Waals surface area contributed by atoms with E-state index in [0.717, 1.165) is 11.4 Å². The smallest absolute Gasteiger partial charge is 0.336 e. The molecule has 0 saturated carbocycles. The summed E-state index contributed by atoms with van der Waals surface area (Å²) < 4.78 is 7.41. The molecule has 34 heavy (non-hydrogen) atoms. The number of anilines is 1. The molecular formula is C26H26N4O4. The van der Waals surface area contributed by atoms with Gasteiger partial charge in [0.2, 0.25) is 11.8 Å². The zero-order valence-electron chi connectivity index (χ0n) is 19.5. The van der Waals surface area contributed by atoms with Crippen LogP contribution in [0.1, 0.15) is 42.0 Å². The molecule has 8 heteroatoms. The number of carbonyl (C=O) groups is 2. The van der Waals surface area contributed by atoms with Crippen LogP contribution in [0.5, 0.6) is 0 Å². The Kier molecular flexibility index (Phi) is 6.32. The first-order valence-electron chi connectivity index (χ1n) is 11.0. The van der Waals surface area contributed by atoms with Crippen LogP contribution in [0.4, 0.5) is 5.88 Å². The molecule has 2 N–H and O–H groups in total. The first-order valence-corrected chi connectivity index (χ1v) is 11.0. The summed E-state index contributed by atoms with van der Waals surface area (Å²) in [7, 11) is 0. The fourth-order valence-electron chi connectivity index (χ4n) is 4.04. The molecule has 0 aliphatic carbocycles. The van der Waals surface area contributed by atoms with Crippen molar-refractivity contribution in [1.29, 1.82) is 0 Å². The van der Waals surface area contributed by atoms with Crippen LogP contribution < -0.4 is 5.32 Å². The first kappa shape index (κ1) is 23.0. The van der Waals surface area contributed by atoms with E-state index in [9.17, 15) is 14.7 Å². The number of aromatic nitrogens is 3. The molecule has 174 valence electrons. The van der Waals surface area contributed by atoms with Crippen LogP contribution in [0, 0.1) is 19.8 Å². The summed E-state index contributed by atoms with van der Waals surface area (Å²) in [5.74, 6) is -1.07. The van der Waals surface area contributed by atoms with Crippen molar-refractivity contribution >= 4 is 17.8 Å². The van der Waals surface area contributed by atoms with Crippen LogP contribution in [-0.4, -0.2) is 31.9 Å². The largest absolute Gasteiger partial charge is 0.478 e. The van der Waals surface area contributed by atoms with Gasteiger partial charge in [-0.3, -0.25) is 10.1 Å². The van der Waals surface area contributed by atoms with Crippen molar-refractivity contribution in [2.75, 3.05) is 5.32 Å². The number of para-hydroxylation sites is 1. The lowest BCUT2D eigenvalue weighted by Crippen LogP contribution is -2.14. The van der Waals surface area contributed by atoms with Crippen molar-refractivity contribution in [3.63, 3.8) is 0 Å². The molecule has 2 heterocycles. The average molecular weight is 459 g/mol. The zero-order chi connectivity index (χ0) is 24.4. The van der Waals surface area contributed by atoms with Gasteiger partial charge in [0.05, 0.1) is 28.2 Å². The minimum atomic E-state index is -1.09. The summed E-state index contributed by atoms with van der Waals surface area (Å²) in [5.41, 5.74) is 4.42. The molecule has 0 aliphatic heterocycles. The van der Waals surface area contributed by atoms with Gasteiger partial charge in [-0.25, -0.2) is 9.48 Å². The van der Waals surface area contributed by atoms with E-state index in [1.54, 1.807) is 18.2 Å². The van der Waals surface area contributed by atoms with E-state index >= 15 is 0 Å². The van der Waals surface area contributed by atoms with E-state index in [0.29, 0.717) is 34.5 Å². The number of nitrogens with one attached hydrogen (secondary N) is 1. The molecule has 2 aromatic heterocycles. The third-order valence-corrected chi connectivity index (χ3v) is 5.49. The summed E-state index contributed by atoms with van der Waals surface area (Å²) in [6.45, 7) is 7.66. The molecule has 0 atom stereocenters. The number of rotatable bonds is 7. The monoisotopic (exact) mass is 458 g/mol. The van der Waals surface area contributed by atoms with E-state index in [4.69, 9.17) is 9.62 Å². The Hall–Kier alpha value is -4.20. The van der Waals surface area contributed by atoms with E-state index in [1.807, 2.05) is 62.7 Å². The number of carboxylic acids is 1. The van der Waals surface area contributed by atoms with Crippen molar-refractivity contribution in [2.45, 2.75) is 34.1 Å². The lowest BCUT2D eigenvalue weighted by atomic mass is 9.95. The predicted molar refractivity (Wildman–Crippen MR) is 129 cm³/mol. The SMILES string of the molecule is Cc1nn(-c2ccccc2)c(C)c1-c1noc(NC(=O)CC(C)C)c1-c1ccccc1C(=O)O. The second kappa shape index (κ2) is 9.35. The number of amides is 1. The number of aryl methyl sites for hydroxylation is 1. The van der Waals surface area contributed by atoms with Gasteiger partial charge in [-0.1, -0.05) is 55.4 Å². The Balaban J connectivity index is 1.93. The highest BCUT2D eigenvalue weighted by molar-refractivity contribution is 6.03. The predicted octanol–water partition coefficient (Wildman–Crippen LogP) is 5.49. The van der Waals surface area contributed by atoms with Crippen molar-refractivity contribution in [3.05, 3.63) is 71.5 Å². The topological polar surface area (TPSA) is 110 Å². The number of hydrogen-bond acceptors (Lipinski definition) is 5. The quantitative estimate of drug-likeness (QED) is 0.379. The molecule has 2 aromatic carbocycles. The molecule has 0 radical (unpaired) electrons. The van der Waals surface area contributed by atoms with E-state index in [1.165, 1.54) is 6.07 Å². The minimum Gasteiger partial charge on any atom is -0.478 e. The van der Waals surface area contributed by atoms with E-state index in [-0.39, 0.29) is 23.3 Å². The summed E-state index contributed by atoms with van der Waals surface area (Å²) in [4.78, 5) is 24.6. The first-order chi connectivity index (χ1) is 16.3. The summed E-state index contributed by atoms with van der Waals surface area (Å²) in [6, 6.07) is 16.3.